The number of anilines is 1. The minimum Gasteiger partial charge on any atom is -0.493 e. The number of pyridine rings is 1. The van der Waals surface area contributed by atoms with Gasteiger partial charge in [-0.3, -0.25) is 14.5 Å². The number of nitrogens with one attached hydrogen (secondary N) is 1. The molecule has 0 fully saturated rings. The van der Waals surface area contributed by atoms with Gasteiger partial charge in [0.1, 0.15) is 11.4 Å². The van der Waals surface area contributed by atoms with Gasteiger partial charge in [-0.05, 0) is 38.0 Å². The van der Waals surface area contributed by atoms with Gasteiger partial charge in [0.05, 0.1) is 13.2 Å². The summed E-state index contributed by atoms with van der Waals surface area (Å²) in [6.45, 7) is 9.52. The second kappa shape index (κ2) is 8.69. The van der Waals surface area contributed by atoms with E-state index in [-0.39, 0.29) is 5.91 Å². The predicted octanol–water partition coefficient (Wildman–Crippen LogP) is 4.23. The molecule has 1 aromatic carbocycles. The molecular formula is C22H26N4O2. The summed E-state index contributed by atoms with van der Waals surface area (Å²) >= 11 is 0. The van der Waals surface area contributed by atoms with E-state index in [1.165, 1.54) is 5.56 Å². The first-order valence-electron chi connectivity index (χ1n) is 9.41. The van der Waals surface area contributed by atoms with Gasteiger partial charge in [0.15, 0.2) is 5.82 Å². The second-order valence-electron chi connectivity index (χ2n) is 7.31. The fourth-order valence-corrected chi connectivity index (χ4v) is 2.80. The van der Waals surface area contributed by atoms with Crippen LogP contribution in [0.25, 0.3) is 0 Å². The molecule has 1 amide bonds. The smallest absolute Gasteiger partial charge is 0.275 e. The van der Waals surface area contributed by atoms with Crippen LogP contribution in [0.15, 0.2) is 48.7 Å². The highest BCUT2D eigenvalue weighted by Gasteiger charge is 2.13. The standard InChI is InChI=1S/C22H26N4O2/c1-15(2)14-28-20-9-8-16(3)11-18(20)13-26-17(4)12-21(25-26)24-22(27)19-7-5-6-10-23-19/h5-12,15H,13-14H2,1-4H3,(H,24,25,27). The summed E-state index contributed by atoms with van der Waals surface area (Å²) in [6.07, 6.45) is 1.59. The Hall–Kier alpha value is -3.15. The molecule has 0 aliphatic rings. The molecule has 0 unspecified atom stereocenters. The van der Waals surface area contributed by atoms with Gasteiger partial charge in [-0.25, -0.2) is 0 Å². The third kappa shape index (κ3) is 4.97. The summed E-state index contributed by atoms with van der Waals surface area (Å²) in [4.78, 5) is 16.4. The molecule has 3 aromatic rings. The van der Waals surface area contributed by atoms with Crippen LogP contribution >= 0.6 is 0 Å². The number of rotatable bonds is 7. The van der Waals surface area contributed by atoms with Crippen LogP contribution in [-0.4, -0.2) is 27.3 Å². The van der Waals surface area contributed by atoms with E-state index in [2.05, 4.69) is 42.2 Å². The number of aryl methyl sites for hydroxylation is 2. The van der Waals surface area contributed by atoms with Crippen LogP contribution in [0.1, 0.15) is 41.2 Å². The van der Waals surface area contributed by atoms with Crippen molar-refractivity contribution >= 4 is 11.7 Å². The Morgan fingerprint density at radius 1 is 1.18 bits per heavy atom. The second-order valence-corrected chi connectivity index (χ2v) is 7.31. The van der Waals surface area contributed by atoms with Crippen molar-refractivity contribution in [3.05, 3.63) is 71.2 Å². The van der Waals surface area contributed by atoms with Gasteiger partial charge in [-0.1, -0.05) is 37.6 Å². The lowest BCUT2D eigenvalue weighted by atomic mass is 10.1. The van der Waals surface area contributed by atoms with Crippen LogP contribution in [0.3, 0.4) is 0 Å². The molecule has 3 rings (SSSR count). The Labute approximate surface area is 165 Å². The van der Waals surface area contributed by atoms with Crippen molar-refractivity contribution in [3.63, 3.8) is 0 Å². The summed E-state index contributed by atoms with van der Waals surface area (Å²) in [7, 11) is 0. The molecule has 0 radical (unpaired) electrons. The van der Waals surface area contributed by atoms with E-state index in [1.54, 1.807) is 24.4 Å². The number of carbonyl (C=O) groups is 1. The highest BCUT2D eigenvalue weighted by Crippen LogP contribution is 2.23. The van der Waals surface area contributed by atoms with Gasteiger partial charge in [-0.15, -0.1) is 0 Å². The zero-order valence-corrected chi connectivity index (χ0v) is 16.8. The number of nitrogens with zero attached hydrogens (tertiary/aromatic N) is 3. The predicted molar refractivity (Wildman–Crippen MR) is 110 cm³/mol. The first-order valence-corrected chi connectivity index (χ1v) is 9.41. The first-order chi connectivity index (χ1) is 13.4. The molecule has 0 spiro atoms. The fraction of sp³-hybridized carbons (Fsp3) is 0.318. The van der Waals surface area contributed by atoms with Crippen molar-refractivity contribution in [2.75, 3.05) is 11.9 Å². The van der Waals surface area contributed by atoms with Gasteiger partial charge in [0.25, 0.3) is 5.91 Å². The number of amides is 1. The third-order valence-electron chi connectivity index (χ3n) is 4.23. The van der Waals surface area contributed by atoms with E-state index >= 15 is 0 Å². The van der Waals surface area contributed by atoms with Crippen molar-refractivity contribution in [2.45, 2.75) is 34.2 Å². The summed E-state index contributed by atoms with van der Waals surface area (Å²) in [5, 5.41) is 7.34. The molecule has 6 heteroatoms. The van der Waals surface area contributed by atoms with Gasteiger partial charge in [0, 0.05) is 23.5 Å². The highest BCUT2D eigenvalue weighted by molar-refractivity contribution is 6.02. The lowest BCUT2D eigenvalue weighted by molar-refractivity contribution is 0.102. The van der Waals surface area contributed by atoms with E-state index in [0.717, 1.165) is 17.0 Å². The molecule has 1 N–H and O–H groups in total. The molecule has 2 aromatic heterocycles. The fourth-order valence-electron chi connectivity index (χ4n) is 2.80. The Bertz CT molecular complexity index is 948. The Morgan fingerprint density at radius 3 is 2.71 bits per heavy atom. The lowest BCUT2D eigenvalue weighted by Gasteiger charge is -2.14. The molecule has 6 nitrogen and oxygen atoms in total. The molecule has 2 heterocycles. The van der Waals surface area contributed by atoms with Crippen LogP contribution in [0.5, 0.6) is 5.75 Å². The normalized spacial score (nSPS) is 10.9. The SMILES string of the molecule is Cc1ccc(OCC(C)C)c(Cn2nc(NC(=O)c3ccccn3)cc2C)c1. The first kappa shape index (κ1) is 19.6. The van der Waals surface area contributed by atoms with Crippen LogP contribution in [0.4, 0.5) is 5.82 Å². The highest BCUT2D eigenvalue weighted by atomic mass is 16.5. The Balaban J connectivity index is 1.77. The van der Waals surface area contributed by atoms with Crippen molar-refractivity contribution in [2.24, 2.45) is 5.92 Å². The van der Waals surface area contributed by atoms with Crippen molar-refractivity contribution in [1.29, 1.82) is 0 Å². The van der Waals surface area contributed by atoms with Crippen LogP contribution in [-0.2, 0) is 6.54 Å². The number of benzene rings is 1. The van der Waals surface area contributed by atoms with Crippen molar-refractivity contribution in [1.82, 2.24) is 14.8 Å². The maximum absolute atomic E-state index is 12.3. The number of ether oxygens (including phenoxy) is 1. The monoisotopic (exact) mass is 378 g/mol. The van der Waals surface area contributed by atoms with Crippen molar-refractivity contribution in [3.8, 4) is 5.75 Å². The van der Waals surface area contributed by atoms with Gasteiger partial charge < -0.3 is 10.1 Å². The minimum atomic E-state index is -0.276. The number of hydrogen-bond acceptors (Lipinski definition) is 4. The van der Waals surface area contributed by atoms with E-state index < -0.39 is 0 Å². The van der Waals surface area contributed by atoms with Crippen LogP contribution < -0.4 is 10.1 Å². The third-order valence-corrected chi connectivity index (χ3v) is 4.23. The molecule has 0 bridgehead atoms. The molecule has 28 heavy (non-hydrogen) atoms. The topological polar surface area (TPSA) is 69.0 Å². The van der Waals surface area contributed by atoms with E-state index in [1.807, 2.05) is 29.8 Å². The van der Waals surface area contributed by atoms with Gasteiger partial charge in [0.2, 0.25) is 0 Å². The molecule has 0 atom stereocenters. The summed E-state index contributed by atoms with van der Waals surface area (Å²) in [5.74, 6) is 1.55. The summed E-state index contributed by atoms with van der Waals surface area (Å²) in [6, 6.07) is 13.3. The van der Waals surface area contributed by atoms with E-state index in [9.17, 15) is 4.79 Å². The lowest BCUT2D eigenvalue weighted by Crippen LogP contribution is -2.14. The average Bonchev–Trinajstić information content (AvgIpc) is 3.00. The zero-order valence-electron chi connectivity index (χ0n) is 16.8. The van der Waals surface area contributed by atoms with E-state index in [0.29, 0.717) is 30.6 Å². The van der Waals surface area contributed by atoms with Gasteiger partial charge in [-0.2, -0.15) is 5.10 Å². The quantitative estimate of drug-likeness (QED) is 0.668. The largest absolute Gasteiger partial charge is 0.493 e. The Morgan fingerprint density at radius 2 is 2.00 bits per heavy atom. The molecule has 0 aliphatic heterocycles. The maximum atomic E-state index is 12.3. The van der Waals surface area contributed by atoms with E-state index in [4.69, 9.17) is 4.74 Å². The van der Waals surface area contributed by atoms with Crippen molar-refractivity contribution < 1.29 is 9.53 Å². The minimum absolute atomic E-state index is 0.276. The maximum Gasteiger partial charge on any atom is 0.275 e. The average molecular weight is 378 g/mol. The van der Waals surface area contributed by atoms with Crippen LogP contribution in [0, 0.1) is 19.8 Å². The summed E-state index contributed by atoms with van der Waals surface area (Å²) < 4.78 is 7.84. The molecular weight excluding hydrogens is 352 g/mol. The molecule has 0 aliphatic carbocycles. The molecule has 0 saturated heterocycles. The molecule has 146 valence electrons. The number of carbonyl (C=O) groups excluding carboxylic acids is 1. The van der Waals surface area contributed by atoms with Gasteiger partial charge >= 0.3 is 0 Å². The molecule has 0 saturated carbocycles. The van der Waals surface area contributed by atoms with Crippen LogP contribution in [0.2, 0.25) is 0 Å². The Kier molecular flexibility index (Phi) is 6.09. The number of aromatic nitrogens is 3. The summed E-state index contributed by atoms with van der Waals surface area (Å²) in [5.41, 5.74) is 3.54. The zero-order chi connectivity index (χ0) is 20.1. The number of hydrogen-bond donors (Lipinski definition) is 1.